The zero-order valence-electron chi connectivity index (χ0n) is 13.9. The van der Waals surface area contributed by atoms with Crippen molar-refractivity contribution < 1.29 is 0 Å². The summed E-state index contributed by atoms with van der Waals surface area (Å²) in [5.41, 5.74) is 15.0. The van der Waals surface area contributed by atoms with E-state index in [2.05, 4.69) is 32.0 Å². The van der Waals surface area contributed by atoms with Crippen molar-refractivity contribution in [3.05, 3.63) is 41.9 Å². The minimum atomic E-state index is 0.297. The molecular weight excluding hydrogens is 314 g/mol. The Bertz CT molecular complexity index is 889. The van der Waals surface area contributed by atoms with Crippen molar-refractivity contribution in [2.75, 3.05) is 23.7 Å². The molecule has 0 atom stereocenters. The average molecular weight is 335 g/mol. The van der Waals surface area contributed by atoms with Crippen LogP contribution in [0.2, 0.25) is 0 Å². The van der Waals surface area contributed by atoms with Crippen LogP contribution in [-0.2, 0) is 0 Å². The highest BCUT2D eigenvalue weighted by molar-refractivity contribution is 5.75. The topological polar surface area (TPSA) is 110 Å². The summed E-state index contributed by atoms with van der Waals surface area (Å²) in [5, 5.41) is 0. The number of anilines is 2. The third-order valence-corrected chi connectivity index (χ3v) is 5.34. The second-order valence-electron chi connectivity index (χ2n) is 7.18. The van der Waals surface area contributed by atoms with Crippen LogP contribution in [0.5, 0.6) is 0 Å². The molecule has 1 aliphatic carbocycles. The second kappa shape index (κ2) is 5.42. The predicted octanol–water partition coefficient (Wildman–Crippen LogP) is 1.74. The summed E-state index contributed by atoms with van der Waals surface area (Å²) in [5.74, 6) is 3.12. The number of nitrogens with one attached hydrogen (secondary N) is 1. The molecule has 5 N–H and O–H groups in total. The van der Waals surface area contributed by atoms with Crippen molar-refractivity contribution in [1.29, 1.82) is 0 Å². The number of H-pyrrole nitrogens is 1. The van der Waals surface area contributed by atoms with E-state index in [9.17, 15) is 0 Å². The van der Waals surface area contributed by atoms with Gasteiger partial charge in [0.05, 0.1) is 22.6 Å². The van der Waals surface area contributed by atoms with Crippen molar-refractivity contribution in [3.63, 3.8) is 0 Å². The Kier molecular flexibility index (Phi) is 3.18. The molecule has 0 radical (unpaired) electrons. The van der Waals surface area contributed by atoms with Gasteiger partial charge in [0.15, 0.2) is 0 Å². The average Bonchev–Trinajstić information content (AvgIpc) is 2.93. The third-order valence-electron chi connectivity index (χ3n) is 5.34. The van der Waals surface area contributed by atoms with Crippen LogP contribution in [0.25, 0.3) is 11.0 Å². The Morgan fingerprint density at radius 1 is 1.04 bits per heavy atom. The molecule has 0 bridgehead atoms. The Labute approximate surface area is 145 Å². The summed E-state index contributed by atoms with van der Waals surface area (Å²) in [6.07, 6.45) is 1.97. The number of nitrogens with zero attached hydrogens (tertiary/aromatic N) is 4. The van der Waals surface area contributed by atoms with Crippen LogP contribution in [0.15, 0.2) is 30.3 Å². The summed E-state index contributed by atoms with van der Waals surface area (Å²) >= 11 is 0. The molecule has 7 nitrogen and oxygen atoms in total. The van der Waals surface area contributed by atoms with E-state index < -0.39 is 0 Å². The molecule has 0 spiro atoms. The molecule has 0 unspecified atom stereocenters. The molecule has 25 heavy (non-hydrogen) atoms. The highest BCUT2D eigenvalue weighted by atomic mass is 15.3. The van der Waals surface area contributed by atoms with Gasteiger partial charge in [-0.3, -0.25) is 0 Å². The Morgan fingerprint density at radius 3 is 2.60 bits per heavy atom. The largest absolute Gasteiger partial charge is 0.368 e. The zero-order valence-corrected chi connectivity index (χ0v) is 13.9. The van der Waals surface area contributed by atoms with Gasteiger partial charge in [-0.1, -0.05) is 12.1 Å². The SMILES string of the molecule is Nc1nc(C2CC(N)C2)cc(N2CC(c3nc4ccccc4[nH]3)C2)n1. The fourth-order valence-electron chi connectivity index (χ4n) is 3.75. The molecule has 1 saturated carbocycles. The smallest absolute Gasteiger partial charge is 0.222 e. The molecule has 2 aromatic heterocycles. The van der Waals surface area contributed by atoms with Crippen molar-refractivity contribution in [2.24, 2.45) is 5.73 Å². The number of nitrogen functional groups attached to an aromatic ring is 1. The maximum atomic E-state index is 5.93. The lowest BCUT2D eigenvalue weighted by molar-refractivity contribution is 0.345. The molecular formula is C18H21N7. The van der Waals surface area contributed by atoms with Gasteiger partial charge in [-0.15, -0.1) is 0 Å². The first-order valence-electron chi connectivity index (χ1n) is 8.75. The van der Waals surface area contributed by atoms with Crippen molar-refractivity contribution >= 4 is 22.8 Å². The molecule has 5 rings (SSSR count). The van der Waals surface area contributed by atoms with Gasteiger partial charge in [0.25, 0.3) is 0 Å². The number of imidazole rings is 1. The molecule has 3 heterocycles. The maximum absolute atomic E-state index is 5.93. The van der Waals surface area contributed by atoms with E-state index in [1.54, 1.807) is 0 Å². The van der Waals surface area contributed by atoms with Crippen LogP contribution in [0.3, 0.4) is 0 Å². The summed E-state index contributed by atoms with van der Waals surface area (Å²) < 4.78 is 0. The minimum absolute atomic E-state index is 0.297. The molecule has 2 fully saturated rings. The first-order chi connectivity index (χ1) is 12.2. The summed E-state index contributed by atoms with van der Waals surface area (Å²) in [6.45, 7) is 1.78. The lowest BCUT2D eigenvalue weighted by Crippen LogP contribution is -2.46. The number of aromatic nitrogens is 4. The molecule has 128 valence electrons. The first-order valence-corrected chi connectivity index (χ1v) is 8.75. The lowest BCUT2D eigenvalue weighted by atomic mass is 9.78. The summed E-state index contributed by atoms with van der Waals surface area (Å²) in [6, 6.07) is 10.5. The Morgan fingerprint density at radius 2 is 1.84 bits per heavy atom. The minimum Gasteiger partial charge on any atom is -0.368 e. The fraction of sp³-hybridized carbons (Fsp3) is 0.389. The van der Waals surface area contributed by atoms with Gasteiger partial charge >= 0.3 is 0 Å². The van der Waals surface area contributed by atoms with E-state index in [-0.39, 0.29) is 0 Å². The van der Waals surface area contributed by atoms with Crippen molar-refractivity contribution in [3.8, 4) is 0 Å². The number of para-hydroxylation sites is 2. The van der Waals surface area contributed by atoms with E-state index in [1.807, 2.05) is 18.2 Å². The normalized spacial score (nSPS) is 23.5. The van der Waals surface area contributed by atoms with Crippen LogP contribution in [0.1, 0.15) is 36.2 Å². The molecule has 3 aromatic rings. The van der Waals surface area contributed by atoms with E-state index in [0.29, 0.717) is 23.8 Å². The van der Waals surface area contributed by atoms with Gasteiger partial charge in [-0.25, -0.2) is 9.97 Å². The Balaban J connectivity index is 1.33. The van der Waals surface area contributed by atoms with Crippen LogP contribution in [0, 0.1) is 0 Å². The monoisotopic (exact) mass is 335 g/mol. The molecule has 1 aliphatic heterocycles. The van der Waals surface area contributed by atoms with E-state index in [4.69, 9.17) is 16.5 Å². The predicted molar refractivity (Wildman–Crippen MR) is 97.4 cm³/mol. The highest BCUT2D eigenvalue weighted by Crippen LogP contribution is 2.37. The lowest BCUT2D eigenvalue weighted by Gasteiger charge is -2.39. The number of benzene rings is 1. The van der Waals surface area contributed by atoms with Crippen LogP contribution in [-0.4, -0.2) is 39.1 Å². The van der Waals surface area contributed by atoms with Crippen LogP contribution < -0.4 is 16.4 Å². The second-order valence-corrected chi connectivity index (χ2v) is 7.18. The van der Waals surface area contributed by atoms with Crippen molar-refractivity contribution in [1.82, 2.24) is 19.9 Å². The van der Waals surface area contributed by atoms with Crippen molar-refractivity contribution in [2.45, 2.75) is 30.7 Å². The molecule has 0 amide bonds. The van der Waals surface area contributed by atoms with Gasteiger partial charge in [0.2, 0.25) is 5.95 Å². The maximum Gasteiger partial charge on any atom is 0.222 e. The van der Waals surface area contributed by atoms with Gasteiger partial charge in [-0.05, 0) is 25.0 Å². The van der Waals surface area contributed by atoms with Gasteiger partial charge in [0.1, 0.15) is 11.6 Å². The number of nitrogens with two attached hydrogens (primary N) is 2. The molecule has 1 aromatic carbocycles. The standard InChI is InChI=1S/C18H21N7/c19-12-5-10(6-12)15-7-16(24-18(20)23-15)25-8-11(9-25)17-21-13-3-1-2-4-14(13)22-17/h1-4,7,10-12H,5-6,8-9,19H2,(H,21,22)(H2,20,23,24). The zero-order chi connectivity index (χ0) is 17.0. The molecule has 2 aliphatic rings. The number of rotatable bonds is 3. The van der Waals surface area contributed by atoms with Gasteiger partial charge in [-0.2, -0.15) is 4.98 Å². The number of aromatic amines is 1. The van der Waals surface area contributed by atoms with Gasteiger partial charge < -0.3 is 21.4 Å². The summed E-state index contributed by atoms with van der Waals surface area (Å²) in [4.78, 5) is 19.2. The molecule has 1 saturated heterocycles. The number of fused-ring (bicyclic) bond motifs is 1. The first kappa shape index (κ1) is 14.7. The third kappa shape index (κ3) is 2.51. The number of hydrogen-bond donors (Lipinski definition) is 3. The van der Waals surface area contributed by atoms with E-state index in [1.165, 1.54) is 0 Å². The fourth-order valence-corrected chi connectivity index (χ4v) is 3.75. The van der Waals surface area contributed by atoms with E-state index in [0.717, 1.165) is 54.3 Å². The number of hydrogen-bond acceptors (Lipinski definition) is 6. The Hall–Kier alpha value is -2.67. The summed E-state index contributed by atoms with van der Waals surface area (Å²) in [7, 11) is 0. The van der Waals surface area contributed by atoms with Crippen LogP contribution in [0.4, 0.5) is 11.8 Å². The highest BCUT2D eigenvalue weighted by Gasteiger charge is 2.33. The van der Waals surface area contributed by atoms with Gasteiger partial charge in [0, 0.05) is 31.1 Å². The quantitative estimate of drug-likeness (QED) is 0.672. The molecule has 7 heteroatoms. The van der Waals surface area contributed by atoms with Crippen LogP contribution >= 0.6 is 0 Å². The van der Waals surface area contributed by atoms with E-state index >= 15 is 0 Å².